The van der Waals surface area contributed by atoms with Gasteiger partial charge in [-0.25, -0.2) is 0 Å². The molecule has 3 amide bonds. The van der Waals surface area contributed by atoms with Gasteiger partial charge in [-0.3, -0.25) is 14.4 Å². The predicted molar refractivity (Wildman–Crippen MR) is 182 cm³/mol. The maximum Gasteiger partial charge on any atom is 0.272 e. The number of hydrogen-bond acceptors (Lipinski definition) is 7. The Labute approximate surface area is 274 Å². The molecule has 46 heavy (non-hydrogen) atoms. The van der Waals surface area contributed by atoms with Crippen LogP contribution in [0.2, 0.25) is 0 Å². The largest absolute Gasteiger partial charge is 0.486 e. The quantitative estimate of drug-likeness (QED) is 0.108. The number of thiophene rings is 1. The molecule has 5 aromatic rings. The average Bonchev–Trinajstić information content (AvgIpc) is 3.61. The van der Waals surface area contributed by atoms with Crippen molar-refractivity contribution in [1.29, 1.82) is 0 Å². The number of carbonyl (C=O) groups is 3. The number of thioether (sulfide) groups is 1. The Hall–Kier alpha value is -5.32. The minimum Gasteiger partial charge on any atom is -0.486 e. The van der Waals surface area contributed by atoms with Crippen molar-refractivity contribution >= 4 is 58.3 Å². The van der Waals surface area contributed by atoms with Gasteiger partial charge in [-0.1, -0.05) is 54.6 Å². The van der Waals surface area contributed by atoms with E-state index in [4.69, 9.17) is 9.47 Å². The third-order valence-corrected chi connectivity index (χ3v) is 8.96. The van der Waals surface area contributed by atoms with Gasteiger partial charge in [0.1, 0.15) is 24.2 Å². The fourth-order valence-electron chi connectivity index (χ4n) is 4.64. The first-order valence-corrected chi connectivity index (χ1v) is 16.2. The number of carbonyl (C=O) groups excluding carboxylic acids is 3. The normalized spacial score (nSPS) is 12.9. The van der Waals surface area contributed by atoms with Crippen molar-refractivity contribution < 1.29 is 23.9 Å². The van der Waals surface area contributed by atoms with Crippen LogP contribution in [0, 0.1) is 0 Å². The van der Waals surface area contributed by atoms with Gasteiger partial charge in [0.2, 0.25) is 5.91 Å². The molecule has 3 N–H and O–H groups in total. The molecule has 1 aliphatic rings. The first kappa shape index (κ1) is 30.7. The topological polar surface area (TPSA) is 106 Å². The number of benzene rings is 4. The van der Waals surface area contributed by atoms with Crippen molar-refractivity contribution in [1.82, 2.24) is 5.32 Å². The van der Waals surface area contributed by atoms with Gasteiger partial charge in [-0.15, -0.1) is 23.1 Å². The van der Waals surface area contributed by atoms with Crippen LogP contribution < -0.4 is 25.4 Å². The highest BCUT2D eigenvalue weighted by Gasteiger charge is 2.23. The van der Waals surface area contributed by atoms with Crippen LogP contribution in [-0.2, 0) is 9.59 Å². The standard InChI is InChI=1S/C36H29N3O5S2/c40-34(25-10-5-2-6-11-25)39-30(23-29-12-7-21-45-29)35(41)37-26-13-16-28(17-14-26)46-33(24-8-3-1-4-9-24)36(42)38-27-15-18-31-32(22-27)44-20-19-43-31/h1-18,21-23,33H,19-20H2,(H,37,41)(H,38,42)(H,39,40)/b30-23-. The van der Waals surface area contributed by atoms with Gasteiger partial charge in [0.25, 0.3) is 11.8 Å². The number of hydrogen-bond donors (Lipinski definition) is 3. The Morgan fingerprint density at radius 2 is 1.43 bits per heavy atom. The molecule has 0 bridgehead atoms. The van der Waals surface area contributed by atoms with Gasteiger partial charge >= 0.3 is 0 Å². The summed E-state index contributed by atoms with van der Waals surface area (Å²) in [6.45, 7) is 0.948. The second-order valence-electron chi connectivity index (χ2n) is 10.1. The molecule has 0 saturated heterocycles. The summed E-state index contributed by atoms with van der Waals surface area (Å²) in [5, 5.41) is 9.99. The maximum absolute atomic E-state index is 13.6. The lowest BCUT2D eigenvalue weighted by Gasteiger charge is -2.20. The molecule has 0 aliphatic carbocycles. The van der Waals surface area contributed by atoms with E-state index < -0.39 is 11.2 Å². The summed E-state index contributed by atoms with van der Waals surface area (Å²) >= 11 is 2.85. The van der Waals surface area contributed by atoms with Crippen LogP contribution in [0.3, 0.4) is 0 Å². The minimum atomic E-state index is -0.552. The summed E-state index contributed by atoms with van der Waals surface area (Å²) in [5.74, 6) is 0.213. The minimum absolute atomic E-state index is 0.120. The summed E-state index contributed by atoms with van der Waals surface area (Å²) in [6, 6.07) is 34.6. The van der Waals surface area contributed by atoms with Gasteiger partial charge in [0.15, 0.2) is 11.5 Å². The van der Waals surface area contributed by atoms with E-state index in [-0.39, 0.29) is 17.5 Å². The molecule has 230 valence electrons. The summed E-state index contributed by atoms with van der Waals surface area (Å²) in [7, 11) is 0. The van der Waals surface area contributed by atoms with E-state index >= 15 is 0 Å². The van der Waals surface area contributed by atoms with Crippen molar-refractivity contribution in [2.45, 2.75) is 10.1 Å². The van der Waals surface area contributed by atoms with Crippen LogP contribution in [0.4, 0.5) is 11.4 Å². The zero-order chi connectivity index (χ0) is 31.7. The number of amides is 3. The first-order chi connectivity index (χ1) is 22.5. The van der Waals surface area contributed by atoms with Crippen LogP contribution in [0.1, 0.15) is 26.0 Å². The summed E-state index contributed by atoms with van der Waals surface area (Å²) in [6.07, 6.45) is 1.65. The number of fused-ring (bicyclic) bond motifs is 1. The molecule has 0 fully saturated rings. The summed E-state index contributed by atoms with van der Waals surface area (Å²) < 4.78 is 11.3. The molecule has 1 atom stereocenters. The van der Waals surface area contributed by atoms with Crippen LogP contribution in [0.5, 0.6) is 11.5 Å². The third-order valence-electron chi connectivity index (χ3n) is 6.87. The van der Waals surface area contributed by atoms with E-state index in [0.717, 1.165) is 15.3 Å². The lowest BCUT2D eigenvalue weighted by atomic mass is 10.1. The zero-order valence-electron chi connectivity index (χ0n) is 24.5. The van der Waals surface area contributed by atoms with Crippen LogP contribution in [0.25, 0.3) is 6.08 Å². The monoisotopic (exact) mass is 647 g/mol. The van der Waals surface area contributed by atoms with Crippen molar-refractivity contribution in [2.75, 3.05) is 23.8 Å². The van der Waals surface area contributed by atoms with Crippen molar-refractivity contribution in [3.63, 3.8) is 0 Å². The molecule has 0 saturated carbocycles. The van der Waals surface area contributed by atoms with E-state index in [1.807, 2.05) is 66.0 Å². The molecule has 2 heterocycles. The smallest absolute Gasteiger partial charge is 0.272 e. The molecule has 0 spiro atoms. The zero-order valence-corrected chi connectivity index (χ0v) is 26.1. The molecular formula is C36H29N3O5S2. The molecule has 4 aromatic carbocycles. The average molecular weight is 648 g/mol. The van der Waals surface area contributed by atoms with E-state index in [9.17, 15) is 14.4 Å². The molecule has 0 radical (unpaired) electrons. The Kier molecular flexibility index (Phi) is 9.77. The predicted octanol–water partition coefficient (Wildman–Crippen LogP) is 7.40. The van der Waals surface area contributed by atoms with Gasteiger partial charge in [-0.2, -0.15) is 0 Å². The van der Waals surface area contributed by atoms with E-state index in [1.54, 1.807) is 60.7 Å². The highest BCUT2D eigenvalue weighted by Crippen LogP contribution is 2.38. The molecule has 10 heteroatoms. The Morgan fingerprint density at radius 3 is 2.15 bits per heavy atom. The molecule has 1 unspecified atom stereocenters. The second-order valence-corrected chi connectivity index (χ2v) is 12.3. The fraction of sp³-hybridized carbons (Fsp3) is 0.0833. The first-order valence-electron chi connectivity index (χ1n) is 14.5. The Morgan fingerprint density at radius 1 is 0.739 bits per heavy atom. The molecule has 1 aromatic heterocycles. The molecule has 8 nitrogen and oxygen atoms in total. The van der Waals surface area contributed by atoms with Crippen LogP contribution >= 0.6 is 23.1 Å². The SMILES string of the molecule is O=C(Nc1ccc(SC(C(=O)Nc2ccc3c(c2)OCCO3)c2ccccc2)cc1)/C(=C/c1cccs1)NC(=O)c1ccccc1. The van der Waals surface area contributed by atoms with E-state index in [1.165, 1.54) is 23.1 Å². The van der Waals surface area contributed by atoms with Crippen LogP contribution in [0.15, 0.2) is 131 Å². The van der Waals surface area contributed by atoms with E-state index in [2.05, 4.69) is 16.0 Å². The number of rotatable bonds is 10. The lowest BCUT2D eigenvalue weighted by molar-refractivity contribution is -0.116. The van der Waals surface area contributed by atoms with Crippen molar-refractivity contribution in [2.24, 2.45) is 0 Å². The van der Waals surface area contributed by atoms with Crippen molar-refractivity contribution in [3.05, 3.63) is 142 Å². The van der Waals surface area contributed by atoms with Gasteiger partial charge in [0, 0.05) is 32.8 Å². The third kappa shape index (κ3) is 7.84. The number of anilines is 2. The summed E-state index contributed by atoms with van der Waals surface area (Å²) in [5.41, 5.74) is 2.56. The summed E-state index contributed by atoms with van der Waals surface area (Å²) in [4.78, 5) is 41.5. The second kappa shape index (κ2) is 14.6. The van der Waals surface area contributed by atoms with E-state index in [0.29, 0.717) is 41.7 Å². The highest BCUT2D eigenvalue weighted by molar-refractivity contribution is 8.00. The van der Waals surface area contributed by atoms with Crippen molar-refractivity contribution in [3.8, 4) is 11.5 Å². The molecule has 6 rings (SSSR count). The van der Waals surface area contributed by atoms with Crippen LogP contribution in [-0.4, -0.2) is 30.9 Å². The number of nitrogens with one attached hydrogen (secondary N) is 3. The van der Waals surface area contributed by atoms with Gasteiger partial charge in [0.05, 0.1) is 0 Å². The Balaban J connectivity index is 1.16. The van der Waals surface area contributed by atoms with Gasteiger partial charge < -0.3 is 25.4 Å². The Bertz CT molecular complexity index is 1840. The highest BCUT2D eigenvalue weighted by atomic mass is 32.2. The molecule has 1 aliphatic heterocycles. The lowest BCUT2D eigenvalue weighted by Crippen LogP contribution is -2.30. The number of ether oxygens (including phenoxy) is 2. The molecular weight excluding hydrogens is 619 g/mol. The maximum atomic E-state index is 13.6. The van der Waals surface area contributed by atoms with Gasteiger partial charge in [-0.05, 0) is 71.6 Å². The fourth-order valence-corrected chi connectivity index (χ4v) is 6.32.